The Labute approximate surface area is 200 Å². The molecule has 4 aliphatic rings. The van der Waals surface area contributed by atoms with E-state index in [-0.39, 0.29) is 24.0 Å². The van der Waals surface area contributed by atoms with Gasteiger partial charge in [-0.25, -0.2) is 0 Å². The molecule has 0 bridgehead atoms. The monoisotopic (exact) mass is 483 g/mol. The minimum atomic E-state index is -4.06. The lowest BCUT2D eigenvalue weighted by Crippen LogP contribution is -2.58. The Morgan fingerprint density at radius 2 is 1.85 bits per heavy atom. The van der Waals surface area contributed by atoms with Crippen molar-refractivity contribution in [1.82, 2.24) is 5.32 Å². The molecule has 6 nitrogen and oxygen atoms in total. The second-order valence-corrected chi connectivity index (χ2v) is 13.9. The van der Waals surface area contributed by atoms with Crippen LogP contribution in [0.2, 0.25) is 0 Å². The number of carbonyl (C=O) groups is 1. The molecule has 0 aromatic carbocycles. The van der Waals surface area contributed by atoms with E-state index in [9.17, 15) is 18.3 Å². The highest BCUT2D eigenvalue weighted by atomic mass is 32.2. The highest BCUT2D eigenvalue weighted by Crippen LogP contribution is 2.68. The van der Waals surface area contributed by atoms with Crippen LogP contribution in [0, 0.1) is 46.3 Å². The Balaban J connectivity index is 1.39. The molecule has 4 aliphatic carbocycles. The molecule has 0 saturated heterocycles. The predicted molar refractivity (Wildman–Crippen MR) is 129 cm³/mol. The molecule has 0 radical (unpaired) electrons. The third kappa shape index (κ3) is 4.75. The smallest absolute Gasteiger partial charge is 0.266 e. The fourth-order valence-electron chi connectivity index (χ4n) is 9.19. The first kappa shape index (κ1) is 25.4. The molecule has 33 heavy (non-hydrogen) atoms. The maximum Gasteiger partial charge on any atom is 0.266 e. The van der Waals surface area contributed by atoms with Crippen LogP contribution in [0.15, 0.2) is 0 Å². The van der Waals surface area contributed by atoms with Crippen LogP contribution in [-0.2, 0) is 14.9 Å². The zero-order chi connectivity index (χ0) is 24.0. The Morgan fingerprint density at radius 1 is 1.09 bits per heavy atom. The largest absolute Gasteiger partial charge is 0.393 e. The molecule has 0 aliphatic heterocycles. The zero-order valence-corrected chi connectivity index (χ0v) is 21.6. The van der Waals surface area contributed by atoms with Crippen LogP contribution in [0.3, 0.4) is 0 Å². The molecule has 7 heteroatoms. The van der Waals surface area contributed by atoms with Crippen molar-refractivity contribution in [3.63, 3.8) is 0 Å². The molecule has 0 aromatic rings. The maximum atomic E-state index is 12.2. The van der Waals surface area contributed by atoms with Crippen molar-refractivity contribution in [3.05, 3.63) is 0 Å². The zero-order valence-electron chi connectivity index (χ0n) is 20.8. The molecule has 4 saturated carbocycles. The summed E-state index contributed by atoms with van der Waals surface area (Å²) in [6.45, 7) is 7.05. The molecule has 0 aromatic heterocycles. The van der Waals surface area contributed by atoms with Gasteiger partial charge in [0.25, 0.3) is 10.1 Å². The first-order chi connectivity index (χ1) is 15.5. The molecule has 0 spiro atoms. The lowest BCUT2D eigenvalue weighted by Gasteiger charge is -2.62. The molecule has 1 amide bonds. The van der Waals surface area contributed by atoms with E-state index < -0.39 is 15.9 Å². The number of amides is 1. The summed E-state index contributed by atoms with van der Waals surface area (Å²) in [6.07, 6.45) is 12.2. The molecule has 4 fully saturated rings. The van der Waals surface area contributed by atoms with Crippen LogP contribution >= 0.6 is 0 Å². The highest BCUT2D eigenvalue weighted by molar-refractivity contribution is 7.85. The molecule has 190 valence electrons. The highest BCUT2D eigenvalue weighted by Gasteiger charge is 2.63. The summed E-state index contributed by atoms with van der Waals surface area (Å²) in [5.74, 6) is 2.96. The number of aliphatic hydroxyl groups excluding tert-OH is 1. The van der Waals surface area contributed by atoms with Crippen LogP contribution in [0.25, 0.3) is 0 Å². The van der Waals surface area contributed by atoms with Gasteiger partial charge in [-0.15, -0.1) is 0 Å². The topological polar surface area (TPSA) is 104 Å². The Kier molecular flexibility index (Phi) is 7.26. The second-order valence-electron chi connectivity index (χ2n) is 12.4. The SMILES string of the molecule is CC(CCC(=O)NCCS(=O)(=O)O)C1CCC2C3CCC4CCCCC4(C)C3CC(O)C12C. The van der Waals surface area contributed by atoms with Crippen molar-refractivity contribution < 1.29 is 22.9 Å². The van der Waals surface area contributed by atoms with Gasteiger partial charge in [-0.1, -0.05) is 33.6 Å². The van der Waals surface area contributed by atoms with Gasteiger partial charge < -0.3 is 10.4 Å². The van der Waals surface area contributed by atoms with Gasteiger partial charge >= 0.3 is 0 Å². The van der Waals surface area contributed by atoms with E-state index in [0.29, 0.717) is 35.5 Å². The van der Waals surface area contributed by atoms with Crippen molar-refractivity contribution >= 4 is 16.0 Å². The van der Waals surface area contributed by atoms with Crippen molar-refractivity contribution in [3.8, 4) is 0 Å². The second kappa shape index (κ2) is 9.42. The summed E-state index contributed by atoms with van der Waals surface area (Å²) in [4.78, 5) is 12.2. The van der Waals surface area contributed by atoms with Crippen molar-refractivity contribution in [2.24, 2.45) is 46.3 Å². The molecule has 4 rings (SSSR count). The van der Waals surface area contributed by atoms with E-state index in [4.69, 9.17) is 4.55 Å². The third-order valence-electron chi connectivity index (χ3n) is 11.0. The van der Waals surface area contributed by atoms with E-state index >= 15 is 0 Å². The van der Waals surface area contributed by atoms with Crippen LogP contribution < -0.4 is 5.32 Å². The minimum absolute atomic E-state index is 0.0587. The minimum Gasteiger partial charge on any atom is -0.393 e. The van der Waals surface area contributed by atoms with Crippen LogP contribution in [0.1, 0.15) is 91.4 Å². The van der Waals surface area contributed by atoms with Gasteiger partial charge in [0.15, 0.2) is 0 Å². The normalized spacial score (nSPS) is 43.8. The van der Waals surface area contributed by atoms with Crippen molar-refractivity contribution in [2.75, 3.05) is 12.3 Å². The fraction of sp³-hybridized carbons (Fsp3) is 0.962. The number of fused-ring (bicyclic) bond motifs is 5. The predicted octanol–water partition coefficient (Wildman–Crippen LogP) is 4.43. The standard InChI is InChI=1S/C26H45NO5S/c1-17(7-12-24(29)27-14-15-33(30,31)32)20-10-11-21-19-9-8-18-6-4-5-13-25(18,2)22(19)16-23(28)26(20,21)3/h17-23,28H,4-16H2,1-3H3,(H,27,29)(H,30,31,32). The number of aliphatic hydroxyl groups is 1. The summed E-state index contributed by atoms with van der Waals surface area (Å²) in [6, 6.07) is 0. The molecule has 0 heterocycles. The number of carbonyl (C=O) groups excluding carboxylic acids is 1. The van der Waals surface area contributed by atoms with Crippen molar-refractivity contribution in [1.29, 1.82) is 0 Å². The average Bonchev–Trinajstić information content (AvgIpc) is 3.10. The maximum absolute atomic E-state index is 12.2. The first-order valence-electron chi connectivity index (χ1n) is 13.4. The van der Waals surface area contributed by atoms with E-state index in [1.54, 1.807) is 0 Å². The molecular formula is C26H45NO5S. The molecule has 9 atom stereocenters. The van der Waals surface area contributed by atoms with Gasteiger partial charge in [-0.2, -0.15) is 8.42 Å². The summed E-state index contributed by atoms with van der Waals surface area (Å²) >= 11 is 0. The van der Waals surface area contributed by atoms with Crippen LogP contribution in [-0.4, -0.2) is 42.4 Å². The summed E-state index contributed by atoms with van der Waals surface area (Å²) in [5.41, 5.74) is 0.340. The van der Waals surface area contributed by atoms with Gasteiger partial charge in [0, 0.05) is 13.0 Å². The summed E-state index contributed by atoms with van der Waals surface area (Å²) < 4.78 is 30.5. The molecule has 3 N–H and O–H groups in total. The Morgan fingerprint density at radius 3 is 2.58 bits per heavy atom. The lowest BCUT2D eigenvalue weighted by molar-refractivity contribution is -0.168. The van der Waals surface area contributed by atoms with Crippen LogP contribution in [0.5, 0.6) is 0 Å². The molecule has 9 unspecified atom stereocenters. The van der Waals surface area contributed by atoms with Crippen LogP contribution in [0.4, 0.5) is 0 Å². The van der Waals surface area contributed by atoms with E-state index in [1.807, 2.05) is 0 Å². The average molecular weight is 484 g/mol. The quantitative estimate of drug-likeness (QED) is 0.465. The number of hydrogen-bond donors (Lipinski definition) is 3. The van der Waals surface area contributed by atoms with Gasteiger partial charge in [-0.05, 0) is 97.7 Å². The number of rotatable bonds is 7. The summed E-state index contributed by atoms with van der Waals surface area (Å²) in [5, 5.41) is 14.2. The third-order valence-corrected chi connectivity index (χ3v) is 11.7. The van der Waals surface area contributed by atoms with Gasteiger partial charge in [0.1, 0.15) is 0 Å². The van der Waals surface area contributed by atoms with Crippen molar-refractivity contribution in [2.45, 2.75) is 97.5 Å². The number of nitrogens with one attached hydrogen (secondary N) is 1. The van der Waals surface area contributed by atoms with E-state index in [2.05, 4.69) is 26.1 Å². The Bertz CT molecular complexity index is 831. The molecular weight excluding hydrogens is 438 g/mol. The first-order valence-corrected chi connectivity index (χ1v) is 15.0. The Hall–Kier alpha value is -0.660. The van der Waals surface area contributed by atoms with Gasteiger partial charge in [-0.3, -0.25) is 9.35 Å². The van der Waals surface area contributed by atoms with Gasteiger partial charge in [0.05, 0.1) is 11.9 Å². The lowest BCUT2D eigenvalue weighted by atomic mass is 9.44. The summed E-state index contributed by atoms with van der Waals surface area (Å²) in [7, 11) is -4.06. The van der Waals surface area contributed by atoms with E-state index in [1.165, 1.54) is 44.9 Å². The fourth-order valence-corrected chi connectivity index (χ4v) is 9.55. The number of hydrogen-bond acceptors (Lipinski definition) is 4. The van der Waals surface area contributed by atoms with Gasteiger partial charge in [0.2, 0.25) is 5.91 Å². The van der Waals surface area contributed by atoms with E-state index in [0.717, 1.165) is 31.1 Å².